The molecule has 4 heterocycles. The summed E-state index contributed by atoms with van der Waals surface area (Å²) in [5.41, 5.74) is 1.06. The highest BCUT2D eigenvalue weighted by Crippen LogP contribution is 2.44. The van der Waals surface area contributed by atoms with E-state index in [1.54, 1.807) is 11.3 Å². The standard InChI is InChI=1S/C23H25F2N3O2S/c24-17-1-2-20(25)16(10-17)11-27-12-18-19(13-27)23(26-22(18)30)4-6-28(7-5-23)21(29)9-15-3-8-31-14-15/h1-3,8,10,14,18-19H,4-7,9,11-13H2,(H,26,30)/t18-,19+/m1/s1. The molecule has 1 spiro atoms. The molecule has 164 valence electrons. The third-order valence-electron chi connectivity index (χ3n) is 7.16. The lowest BCUT2D eigenvalue weighted by molar-refractivity contribution is -0.132. The molecule has 0 aliphatic carbocycles. The minimum atomic E-state index is -0.454. The van der Waals surface area contributed by atoms with Gasteiger partial charge in [-0.25, -0.2) is 8.78 Å². The molecule has 3 saturated heterocycles. The maximum absolute atomic E-state index is 14.1. The first-order chi connectivity index (χ1) is 14.9. The lowest BCUT2D eigenvalue weighted by Crippen LogP contribution is -2.56. The van der Waals surface area contributed by atoms with E-state index >= 15 is 0 Å². The van der Waals surface area contributed by atoms with Gasteiger partial charge in [-0.2, -0.15) is 11.3 Å². The Labute approximate surface area is 184 Å². The summed E-state index contributed by atoms with van der Waals surface area (Å²) in [4.78, 5) is 29.3. The lowest BCUT2D eigenvalue weighted by Gasteiger charge is -2.43. The summed E-state index contributed by atoms with van der Waals surface area (Å²) >= 11 is 1.59. The van der Waals surface area contributed by atoms with Crippen LogP contribution >= 0.6 is 11.3 Å². The van der Waals surface area contributed by atoms with Gasteiger partial charge in [0.05, 0.1) is 12.3 Å². The van der Waals surface area contributed by atoms with Gasteiger partial charge in [0.2, 0.25) is 11.8 Å². The van der Waals surface area contributed by atoms with Gasteiger partial charge in [0, 0.05) is 49.7 Å². The fourth-order valence-corrected chi connectivity index (χ4v) is 6.18. The Balaban J connectivity index is 1.24. The molecule has 2 aromatic rings. The summed E-state index contributed by atoms with van der Waals surface area (Å²) in [6.07, 6.45) is 1.89. The predicted molar refractivity (Wildman–Crippen MR) is 113 cm³/mol. The van der Waals surface area contributed by atoms with E-state index in [2.05, 4.69) is 10.2 Å². The summed E-state index contributed by atoms with van der Waals surface area (Å²) in [6.45, 7) is 2.78. The van der Waals surface area contributed by atoms with Crippen LogP contribution in [0, 0.1) is 23.5 Å². The molecule has 0 bridgehead atoms. The molecule has 3 fully saturated rings. The zero-order valence-corrected chi connectivity index (χ0v) is 18.0. The number of carbonyl (C=O) groups excluding carboxylic acids is 2. The Hall–Kier alpha value is -2.32. The van der Waals surface area contributed by atoms with Gasteiger partial charge in [-0.15, -0.1) is 0 Å². The molecule has 5 rings (SSSR count). The third kappa shape index (κ3) is 3.87. The molecular weight excluding hydrogens is 420 g/mol. The van der Waals surface area contributed by atoms with Gasteiger partial charge in [-0.1, -0.05) is 0 Å². The molecule has 2 amide bonds. The van der Waals surface area contributed by atoms with Crippen molar-refractivity contribution in [3.63, 3.8) is 0 Å². The van der Waals surface area contributed by atoms with Crippen molar-refractivity contribution in [2.45, 2.75) is 31.3 Å². The molecule has 0 radical (unpaired) electrons. The highest BCUT2D eigenvalue weighted by Gasteiger charge is 2.57. The SMILES string of the molecule is O=C1NC2(CCN(C(=O)Cc3ccsc3)CC2)[C@H]2CN(Cc3cc(F)ccc3F)C[C@@H]12. The topological polar surface area (TPSA) is 52.7 Å². The van der Waals surface area contributed by atoms with Crippen LogP contribution in [0.2, 0.25) is 0 Å². The molecule has 31 heavy (non-hydrogen) atoms. The van der Waals surface area contributed by atoms with E-state index in [-0.39, 0.29) is 29.2 Å². The van der Waals surface area contributed by atoms with Gasteiger partial charge in [0.1, 0.15) is 11.6 Å². The van der Waals surface area contributed by atoms with E-state index in [1.807, 2.05) is 21.7 Å². The van der Waals surface area contributed by atoms with Crippen molar-refractivity contribution in [1.29, 1.82) is 0 Å². The van der Waals surface area contributed by atoms with Crippen LogP contribution in [0.5, 0.6) is 0 Å². The van der Waals surface area contributed by atoms with Crippen molar-refractivity contribution in [2.24, 2.45) is 11.8 Å². The molecule has 5 nitrogen and oxygen atoms in total. The second-order valence-corrected chi connectivity index (χ2v) is 9.76. The number of hydrogen-bond donors (Lipinski definition) is 1. The van der Waals surface area contributed by atoms with E-state index in [1.165, 1.54) is 6.07 Å². The highest BCUT2D eigenvalue weighted by molar-refractivity contribution is 7.08. The quantitative estimate of drug-likeness (QED) is 0.788. The number of likely N-dealkylation sites (tertiary alicyclic amines) is 2. The molecular formula is C23H25F2N3O2S. The number of amides is 2. The summed E-state index contributed by atoms with van der Waals surface area (Å²) in [5, 5.41) is 7.22. The van der Waals surface area contributed by atoms with Crippen molar-refractivity contribution in [2.75, 3.05) is 26.2 Å². The zero-order chi connectivity index (χ0) is 21.6. The maximum atomic E-state index is 14.1. The molecule has 2 atom stereocenters. The van der Waals surface area contributed by atoms with Crippen LogP contribution in [-0.4, -0.2) is 53.3 Å². The molecule has 1 aromatic carbocycles. The number of hydrogen-bond acceptors (Lipinski definition) is 4. The first kappa shape index (κ1) is 20.6. The molecule has 3 aliphatic rings. The minimum absolute atomic E-state index is 0.0465. The number of carbonyl (C=O) groups is 2. The zero-order valence-electron chi connectivity index (χ0n) is 17.2. The normalized spacial score (nSPS) is 25.1. The molecule has 0 saturated carbocycles. The van der Waals surface area contributed by atoms with E-state index in [4.69, 9.17) is 0 Å². The number of halogens is 2. The van der Waals surface area contributed by atoms with E-state index < -0.39 is 11.6 Å². The van der Waals surface area contributed by atoms with Gasteiger partial charge in [-0.05, 0) is 53.4 Å². The number of benzene rings is 1. The number of piperidine rings is 1. The Morgan fingerprint density at radius 1 is 1.19 bits per heavy atom. The van der Waals surface area contributed by atoms with Gasteiger partial charge < -0.3 is 10.2 Å². The number of thiophene rings is 1. The smallest absolute Gasteiger partial charge is 0.227 e. The molecule has 1 aromatic heterocycles. The van der Waals surface area contributed by atoms with Crippen molar-refractivity contribution < 1.29 is 18.4 Å². The Kier molecular flexibility index (Phi) is 5.30. The first-order valence-electron chi connectivity index (χ1n) is 10.7. The monoisotopic (exact) mass is 445 g/mol. The van der Waals surface area contributed by atoms with Crippen molar-refractivity contribution in [1.82, 2.24) is 15.1 Å². The summed E-state index contributed by atoms with van der Waals surface area (Å²) in [6, 6.07) is 5.48. The maximum Gasteiger partial charge on any atom is 0.227 e. The van der Waals surface area contributed by atoms with Crippen LogP contribution in [0.15, 0.2) is 35.0 Å². The summed E-state index contributed by atoms with van der Waals surface area (Å²) < 4.78 is 27.6. The average Bonchev–Trinajstić information content (AvgIpc) is 3.45. The Morgan fingerprint density at radius 2 is 2.00 bits per heavy atom. The summed E-state index contributed by atoms with van der Waals surface area (Å²) in [5.74, 6) is -0.705. The van der Waals surface area contributed by atoms with Crippen LogP contribution in [0.1, 0.15) is 24.0 Å². The van der Waals surface area contributed by atoms with Gasteiger partial charge in [-0.3, -0.25) is 14.5 Å². The Bertz CT molecular complexity index is 989. The number of rotatable bonds is 4. The highest BCUT2D eigenvalue weighted by atomic mass is 32.1. The van der Waals surface area contributed by atoms with E-state index in [0.717, 1.165) is 30.5 Å². The third-order valence-corrected chi connectivity index (χ3v) is 7.89. The van der Waals surface area contributed by atoms with Crippen molar-refractivity contribution in [3.05, 3.63) is 57.8 Å². The Morgan fingerprint density at radius 3 is 2.74 bits per heavy atom. The van der Waals surface area contributed by atoms with Crippen LogP contribution in [0.25, 0.3) is 0 Å². The van der Waals surface area contributed by atoms with Crippen LogP contribution in [-0.2, 0) is 22.6 Å². The average molecular weight is 446 g/mol. The van der Waals surface area contributed by atoms with Gasteiger partial charge >= 0.3 is 0 Å². The summed E-state index contributed by atoms with van der Waals surface area (Å²) in [7, 11) is 0. The minimum Gasteiger partial charge on any atom is -0.350 e. The van der Waals surface area contributed by atoms with E-state index in [0.29, 0.717) is 44.7 Å². The number of nitrogens with one attached hydrogen (secondary N) is 1. The van der Waals surface area contributed by atoms with E-state index in [9.17, 15) is 18.4 Å². The number of nitrogens with zero attached hydrogens (tertiary/aromatic N) is 2. The lowest BCUT2D eigenvalue weighted by atomic mass is 9.75. The molecule has 0 unspecified atom stereocenters. The van der Waals surface area contributed by atoms with Crippen LogP contribution in [0.4, 0.5) is 8.78 Å². The van der Waals surface area contributed by atoms with Crippen molar-refractivity contribution in [3.8, 4) is 0 Å². The molecule has 3 aliphatic heterocycles. The second-order valence-electron chi connectivity index (χ2n) is 8.98. The molecule has 1 N–H and O–H groups in total. The largest absolute Gasteiger partial charge is 0.350 e. The van der Waals surface area contributed by atoms with Crippen molar-refractivity contribution >= 4 is 23.2 Å². The first-order valence-corrected chi connectivity index (χ1v) is 11.6. The van der Waals surface area contributed by atoms with Crippen LogP contribution < -0.4 is 5.32 Å². The fourth-order valence-electron chi connectivity index (χ4n) is 5.51. The van der Waals surface area contributed by atoms with Gasteiger partial charge in [0.15, 0.2) is 0 Å². The fraction of sp³-hybridized carbons (Fsp3) is 0.478. The van der Waals surface area contributed by atoms with Crippen LogP contribution in [0.3, 0.4) is 0 Å². The number of fused-ring (bicyclic) bond motifs is 2. The molecule has 8 heteroatoms. The predicted octanol–water partition coefficient (Wildman–Crippen LogP) is 2.81. The van der Waals surface area contributed by atoms with Gasteiger partial charge in [0.25, 0.3) is 0 Å². The second kappa shape index (κ2) is 7.98.